The third-order valence-corrected chi connectivity index (χ3v) is 3.29. The monoisotopic (exact) mass is 203 g/mol. The van der Waals surface area contributed by atoms with Gasteiger partial charge in [0.1, 0.15) is 0 Å². The molecule has 1 aliphatic heterocycles. The molecule has 2 atom stereocenters. The average Bonchev–Trinajstić information content (AvgIpc) is 2.63. The summed E-state index contributed by atoms with van der Waals surface area (Å²) < 4.78 is 0. The number of likely N-dealkylation sites (tertiary alicyclic amines) is 1. The Morgan fingerprint density at radius 1 is 1.69 bits per heavy atom. The summed E-state index contributed by atoms with van der Waals surface area (Å²) in [5.41, 5.74) is 0. The molecular formula is C10H18ClNO. The minimum Gasteiger partial charge on any atom is -0.342 e. The molecular weight excluding hydrogens is 186 g/mol. The van der Waals surface area contributed by atoms with E-state index in [0.717, 1.165) is 19.5 Å². The van der Waals surface area contributed by atoms with Crippen molar-refractivity contribution in [2.75, 3.05) is 19.0 Å². The van der Waals surface area contributed by atoms with Crippen LogP contribution in [-0.4, -0.2) is 29.8 Å². The molecule has 0 aromatic heterocycles. The van der Waals surface area contributed by atoms with Crippen LogP contribution in [0.15, 0.2) is 0 Å². The Bertz CT molecular complexity index is 184. The van der Waals surface area contributed by atoms with Gasteiger partial charge >= 0.3 is 0 Å². The van der Waals surface area contributed by atoms with Gasteiger partial charge in [-0.15, -0.1) is 11.6 Å². The molecule has 0 saturated carbocycles. The minimum absolute atomic E-state index is 0.0164. The van der Waals surface area contributed by atoms with Crippen molar-refractivity contribution in [3.8, 4) is 0 Å². The third kappa shape index (κ3) is 2.60. The van der Waals surface area contributed by atoms with E-state index in [-0.39, 0.29) is 11.8 Å². The van der Waals surface area contributed by atoms with Crippen LogP contribution in [0.1, 0.15) is 26.7 Å². The van der Waals surface area contributed by atoms with E-state index in [9.17, 15) is 4.79 Å². The van der Waals surface area contributed by atoms with Crippen molar-refractivity contribution in [3.63, 3.8) is 0 Å². The molecule has 3 heteroatoms. The van der Waals surface area contributed by atoms with Crippen LogP contribution in [0.2, 0.25) is 0 Å². The lowest BCUT2D eigenvalue weighted by molar-refractivity contribution is -0.133. The summed E-state index contributed by atoms with van der Waals surface area (Å²) in [6.07, 6.45) is 2.34. The molecule has 2 nitrogen and oxygen atoms in total. The van der Waals surface area contributed by atoms with Crippen molar-refractivity contribution in [1.82, 2.24) is 4.90 Å². The molecule has 0 spiro atoms. The topological polar surface area (TPSA) is 20.3 Å². The highest BCUT2D eigenvalue weighted by Gasteiger charge is 2.27. The van der Waals surface area contributed by atoms with E-state index < -0.39 is 0 Å². The van der Waals surface area contributed by atoms with Crippen molar-refractivity contribution >= 4 is 17.5 Å². The molecule has 0 aromatic rings. The van der Waals surface area contributed by atoms with E-state index in [4.69, 9.17) is 11.6 Å². The van der Waals surface area contributed by atoms with Gasteiger partial charge in [0.15, 0.2) is 0 Å². The van der Waals surface area contributed by atoms with Gasteiger partial charge in [0.05, 0.1) is 0 Å². The molecule has 1 rings (SSSR count). The zero-order valence-electron chi connectivity index (χ0n) is 8.42. The fourth-order valence-corrected chi connectivity index (χ4v) is 1.88. The molecule has 0 aliphatic carbocycles. The van der Waals surface area contributed by atoms with Gasteiger partial charge in [-0.1, -0.05) is 20.3 Å². The summed E-state index contributed by atoms with van der Waals surface area (Å²) >= 11 is 5.65. The van der Waals surface area contributed by atoms with Crippen LogP contribution >= 0.6 is 11.6 Å². The number of carbonyl (C=O) groups is 1. The summed E-state index contributed by atoms with van der Waals surface area (Å²) in [4.78, 5) is 13.6. The van der Waals surface area contributed by atoms with Crippen LogP contribution in [0.5, 0.6) is 0 Å². The Labute approximate surface area is 85.2 Å². The van der Waals surface area contributed by atoms with E-state index in [1.54, 1.807) is 0 Å². The summed E-state index contributed by atoms with van der Waals surface area (Å²) in [5, 5.41) is 0. The molecule has 2 unspecified atom stereocenters. The highest BCUT2D eigenvalue weighted by molar-refractivity contribution is 6.19. The highest BCUT2D eigenvalue weighted by atomic mass is 35.5. The fraction of sp³-hybridized carbons (Fsp3) is 0.900. The standard InChI is InChI=1S/C10H18ClNO/c1-3-9-4-5-12(7-9)10(13)8(2)6-11/h8-9H,3-7H2,1-2H3. The fourth-order valence-electron chi connectivity index (χ4n) is 1.74. The number of nitrogens with zero attached hydrogens (tertiary/aromatic N) is 1. The predicted octanol–water partition coefficient (Wildman–Crippen LogP) is 2.12. The molecule has 0 radical (unpaired) electrons. The molecule has 0 aromatic carbocycles. The Morgan fingerprint density at radius 2 is 2.38 bits per heavy atom. The van der Waals surface area contributed by atoms with Gasteiger partial charge in [-0.3, -0.25) is 4.79 Å². The lowest BCUT2D eigenvalue weighted by Gasteiger charge is -2.19. The number of halogens is 1. The summed E-state index contributed by atoms with van der Waals surface area (Å²) in [5.74, 6) is 1.36. The maximum Gasteiger partial charge on any atom is 0.226 e. The van der Waals surface area contributed by atoms with Crippen LogP contribution in [0.25, 0.3) is 0 Å². The minimum atomic E-state index is -0.0164. The molecule has 0 bridgehead atoms. The van der Waals surface area contributed by atoms with Crippen LogP contribution in [0, 0.1) is 11.8 Å². The Kier molecular flexibility index (Phi) is 4.04. The van der Waals surface area contributed by atoms with Gasteiger partial charge in [-0.05, 0) is 12.3 Å². The number of alkyl halides is 1. The van der Waals surface area contributed by atoms with Crippen molar-refractivity contribution in [1.29, 1.82) is 0 Å². The second-order valence-corrected chi connectivity index (χ2v) is 4.21. The first-order chi connectivity index (χ1) is 6.19. The van der Waals surface area contributed by atoms with Crippen molar-refractivity contribution in [2.24, 2.45) is 11.8 Å². The van der Waals surface area contributed by atoms with E-state index >= 15 is 0 Å². The molecule has 76 valence electrons. The van der Waals surface area contributed by atoms with Crippen LogP contribution in [-0.2, 0) is 4.79 Å². The summed E-state index contributed by atoms with van der Waals surface area (Å²) in [6.45, 7) is 5.95. The molecule has 13 heavy (non-hydrogen) atoms. The van der Waals surface area contributed by atoms with E-state index in [0.29, 0.717) is 11.8 Å². The smallest absolute Gasteiger partial charge is 0.226 e. The molecule has 1 heterocycles. The first-order valence-corrected chi connectivity index (χ1v) is 5.57. The third-order valence-electron chi connectivity index (χ3n) is 2.83. The number of hydrogen-bond donors (Lipinski definition) is 0. The van der Waals surface area contributed by atoms with Crippen molar-refractivity contribution in [3.05, 3.63) is 0 Å². The van der Waals surface area contributed by atoms with Gasteiger partial charge in [0.2, 0.25) is 5.91 Å². The molecule has 1 amide bonds. The second-order valence-electron chi connectivity index (χ2n) is 3.90. The lowest BCUT2D eigenvalue weighted by Crippen LogP contribution is -2.33. The van der Waals surface area contributed by atoms with Gasteiger partial charge in [0.25, 0.3) is 0 Å². The predicted molar refractivity (Wildman–Crippen MR) is 54.9 cm³/mol. The SMILES string of the molecule is CCC1CCN(C(=O)C(C)CCl)C1. The lowest BCUT2D eigenvalue weighted by atomic mass is 10.1. The maximum atomic E-state index is 11.7. The zero-order chi connectivity index (χ0) is 9.84. The molecule has 1 fully saturated rings. The second kappa shape index (κ2) is 4.85. The van der Waals surface area contributed by atoms with Gasteiger partial charge in [-0.25, -0.2) is 0 Å². The highest BCUT2D eigenvalue weighted by Crippen LogP contribution is 2.20. The van der Waals surface area contributed by atoms with Gasteiger partial charge < -0.3 is 4.90 Å². The van der Waals surface area contributed by atoms with Crippen LogP contribution in [0.3, 0.4) is 0 Å². The molecule has 1 aliphatic rings. The van der Waals surface area contributed by atoms with Crippen LogP contribution in [0.4, 0.5) is 0 Å². The normalized spacial score (nSPS) is 24.8. The Hall–Kier alpha value is -0.240. The average molecular weight is 204 g/mol. The maximum absolute atomic E-state index is 11.7. The number of carbonyl (C=O) groups excluding carboxylic acids is 1. The first kappa shape index (κ1) is 10.8. The zero-order valence-corrected chi connectivity index (χ0v) is 9.18. The number of hydrogen-bond acceptors (Lipinski definition) is 1. The quantitative estimate of drug-likeness (QED) is 0.644. The van der Waals surface area contributed by atoms with Crippen molar-refractivity contribution < 1.29 is 4.79 Å². The Morgan fingerprint density at radius 3 is 2.85 bits per heavy atom. The molecule has 0 N–H and O–H groups in total. The summed E-state index contributed by atoms with van der Waals surface area (Å²) in [6, 6.07) is 0. The number of rotatable bonds is 3. The van der Waals surface area contributed by atoms with Gasteiger partial charge in [-0.2, -0.15) is 0 Å². The van der Waals surface area contributed by atoms with E-state index in [1.807, 2.05) is 11.8 Å². The first-order valence-electron chi connectivity index (χ1n) is 5.03. The molecule has 1 saturated heterocycles. The summed E-state index contributed by atoms with van der Waals surface area (Å²) in [7, 11) is 0. The largest absolute Gasteiger partial charge is 0.342 e. The van der Waals surface area contributed by atoms with E-state index in [2.05, 4.69) is 6.92 Å². The Balaban J connectivity index is 2.41. The van der Waals surface area contributed by atoms with Gasteiger partial charge in [0, 0.05) is 24.9 Å². The van der Waals surface area contributed by atoms with Crippen LogP contribution < -0.4 is 0 Å². The van der Waals surface area contributed by atoms with E-state index in [1.165, 1.54) is 6.42 Å². The van der Waals surface area contributed by atoms with Crippen molar-refractivity contribution in [2.45, 2.75) is 26.7 Å². The number of amides is 1.